The van der Waals surface area contributed by atoms with E-state index in [9.17, 15) is 9.90 Å². The van der Waals surface area contributed by atoms with Crippen LogP contribution < -0.4 is 5.73 Å². The van der Waals surface area contributed by atoms with Crippen LogP contribution in [0.3, 0.4) is 0 Å². The van der Waals surface area contributed by atoms with Gasteiger partial charge in [0.05, 0.1) is 24.1 Å². The summed E-state index contributed by atoms with van der Waals surface area (Å²) in [6.07, 6.45) is -0.477. The molecule has 108 valence electrons. The van der Waals surface area contributed by atoms with E-state index in [1.165, 1.54) is 0 Å². The Balaban J connectivity index is 2.34. The lowest BCUT2D eigenvalue weighted by molar-refractivity contribution is -0.143. The standard InChI is InChI=1S/C14H19N3O3/c1-3-20-13(19)6-7-17-12-5-4-10(15)8-11(12)16-14(17)9(2)18/h4-5,8-9,18H,3,6-7,15H2,1-2H3. The monoisotopic (exact) mass is 277 g/mol. The number of hydrogen-bond donors (Lipinski definition) is 2. The first-order valence-electron chi connectivity index (χ1n) is 6.62. The molecular formula is C14H19N3O3. The van der Waals surface area contributed by atoms with Crippen LogP contribution in [0.15, 0.2) is 18.2 Å². The van der Waals surface area contributed by atoms with Crippen molar-refractivity contribution in [3.63, 3.8) is 0 Å². The number of benzene rings is 1. The Morgan fingerprint density at radius 1 is 1.55 bits per heavy atom. The molecule has 0 spiro atoms. The highest BCUT2D eigenvalue weighted by molar-refractivity contribution is 5.80. The summed E-state index contributed by atoms with van der Waals surface area (Å²) in [6, 6.07) is 5.37. The van der Waals surface area contributed by atoms with Crippen molar-refractivity contribution in [2.45, 2.75) is 32.9 Å². The molecule has 1 atom stereocenters. The van der Waals surface area contributed by atoms with Crippen molar-refractivity contribution < 1.29 is 14.6 Å². The van der Waals surface area contributed by atoms with Crippen molar-refractivity contribution in [2.24, 2.45) is 0 Å². The zero-order chi connectivity index (χ0) is 14.7. The highest BCUT2D eigenvalue weighted by Gasteiger charge is 2.16. The zero-order valence-corrected chi connectivity index (χ0v) is 11.7. The first kappa shape index (κ1) is 14.3. The summed E-state index contributed by atoms with van der Waals surface area (Å²) in [4.78, 5) is 15.8. The molecule has 0 fully saturated rings. The number of hydrogen-bond acceptors (Lipinski definition) is 5. The second-order valence-corrected chi connectivity index (χ2v) is 4.60. The molecule has 0 aliphatic carbocycles. The number of carbonyl (C=O) groups is 1. The van der Waals surface area contributed by atoms with Crippen molar-refractivity contribution in [2.75, 3.05) is 12.3 Å². The average Bonchev–Trinajstić information content (AvgIpc) is 2.74. The van der Waals surface area contributed by atoms with Crippen molar-refractivity contribution in [1.29, 1.82) is 0 Å². The van der Waals surface area contributed by atoms with Crippen LogP contribution >= 0.6 is 0 Å². The Labute approximate surface area is 117 Å². The molecule has 1 unspecified atom stereocenters. The number of fused-ring (bicyclic) bond motifs is 1. The maximum atomic E-state index is 11.5. The molecule has 0 saturated heterocycles. The van der Waals surface area contributed by atoms with Gasteiger partial charge in [-0.05, 0) is 32.0 Å². The van der Waals surface area contributed by atoms with Gasteiger partial charge in [0.25, 0.3) is 0 Å². The lowest BCUT2D eigenvalue weighted by atomic mass is 10.2. The molecule has 20 heavy (non-hydrogen) atoms. The lowest BCUT2D eigenvalue weighted by Gasteiger charge is -2.10. The van der Waals surface area contributed by atoms with Gasteiger partial charge in [0.2, 0.25) is 0 Å². The van der Waals surface area contributed by atoms with E-state index in [4.69, 9.17) is 10.5 Å². The number of aromatic nitrogens is 2. The number of nitrogens with zero attached hydrogens (tertiary/aromatic N) is 2. The number of rotatable bonds is 5. The van der Waals surface area contributed by atoms with E-state index in [-0.39, 0.29) is 12.4 Å². The van der Waals surface area contributed by atoms with E-state index in [1.807, 2.05) is 10.6 Å². The summed E-state index contributed by atoms with van der Waals surface area (Å²) in [5.41, 5.74) is 7.91. The van der Waals surface area contributed by atoms with Gasteiger partial charge in [0, 0.05) is 12.2 Å². The third-order valence-corrected chi connectivity index (χ3v) is 3.02. The SMILES string of the molecule is CCOC(=O)CCn1c(C(C)O)nc2cc(N)ccc21. The van der Waals surface area contributed by atoms with Gasteiger partial charge in [-0.2, -0.15) is 0 Å². The summed E-state index contributed by atoms with van der Waals surface area (Å²) < 4.78 is 6.75. The number of ether oxygens (including phenoxy) is 1. The molecule has 3 N–H and O–H groups in total. The minimum absolute atomic E-state index is 0.239. The predicted octanol–water partition coefficient (Wildman–Crippen LogP) is 1.62. The van der Waals surface area contributed by atoms with Gasteiger partial charge in [-0.1, -0.05) is 0 Å². The van der Waals surface area contributed by atoms with Crippen molar-refractivity contribution in [3.05, 3.63) is 24.0 Å². The number of aliphatic hydroxyl groups excluding tert-OH is 1. The Morgan fingerprint density at radius 3 is 2.95 bits per heavy atom. The lowest BCUT2D eigenvalue weighted by Crippen LogP contribution is -2.12. The van der Waals surface area contributed by atoms with Crippen LogP contribution in [0.5, 0.6) is 0 Å². The predicted molar refractivity (Wildman–Crippen MR) is 76.0 cm³/mol. The van der Waals surface area contributed by atoms with Gasteiger partial charge in [-0.25, -0.2) is 4.98 Å². The molecule has 2 aromatic rings. The summed E-state index contributed by atoms with van der Waals surface area (Å²) in [5, 5.41) is 9.81. The first-order chi connectivity index (χ1) is 9.52. The van der Waals surface area contributed by atoms with Crippen molar-refractivity contribution >= 4 is 22.7 Å². The quantitative estimate of drug-likeness (QED) is 0.640. The van der Waals surface area contributed by atoms with Crippen LogP contribution in [0.2, 0.25) is 0 Å². The average molecular weight is 277 g/mol. The number of nitrogens with two attached hydrogens (primary N) is 1. The topological polar surface area (TPSA) is 90.4 Å². The minimum atomic E-state index is -0.717. The smallest absolute Gasteiger partial charge is 0.307 e. The second kappa shape index (κ2) is 5.92. The number of aryl methyl sites for hydroxylation is 1. The highest BCUT2D eigenvalue weighted by Crippen LogP contribution is 2.23. The number of nitrogen functional groups attached to an aromatic ring is 1. The molecule has 0 saturated carbocycles. The van der Waals surface area contributed by atoms with E-state index in [0.29, 0.717) is 30.2 Å². The number of imidazole rings is 1. The van der Waals surface area contributed by atoms with Gasteiger partial charge in [-0.3, -0.25) is 4.79 Å². The molecule has 2 rings (SSSR count). The number of aliphatic hydroxyl groups is 1. The third-order valence-electron chi connectivity index (χ3n) is 3.02. The third kappa shape index (κ3) is 2.91. The fourth-order valence-electron chi connectivity index (χ4n) is 2.16. The minimum Gasteiger partial charge on any atom is -0.466 e. The summed E-state index contributed by atoms with van der Waals surface area (Å²) in [6.45, 7) is 4.20. The van der Waals surface area contributed by atoms with E-state index < -0.39 is 6.10 Å². The Bertz CT molecular complexity index is 619. The van der Waals surface area contributed by atoms with Crippen LogP contribution in [0.25, 0.3) is 11.0 Å². The fraction of sp³-hybridized carbons (Fsp3) is 0.429. The van der Waals surface area contributed by atoms with E-state index in [1.54, 1.807) is 26.0 Å². The maximum Gasteiger partial charge on any atom is 0.307 e. The van der Waals surface area contributed by atoms with Gasteiger partial charge < -0.3 is 20.1 Å². The number of anilines is 1. The molecule has 0 amide bonds. The zero-order valence-electron chi connectivity index (χ0n) is 11.7. The van der Waals surface area contributed by atoms with E-state index in [0.717, 1.165) is 5.52 Å². The van der Waals surface area contributed by atoms with Crippen LogP contribution in [-0.2, 0) is 16.1 Å². The number of carbonyl (C=O) groups excluding carboxylic acids is 1. The first-order valence-corrected chi connectivity index (χ1v) is 6.62. The van der Waals surface area contributed by atoms with E-state index >= 15 is 0 Å². The summed E-state index contributed by atoms with van der Waals surface area (Å²) >= 11 is 0. The summed E-state index contributed by atoms with van der Waals surface area (Å²) in [7, 11) is 0. The molecule has 6 nitrogen and oxygen atoms in total. The van der Waals surface area contributed by atoms with E-state index in [2.05, 4.69) is 4.98 Å². The van der Waals surface area contributed by atoms with Crippen LogP contribution in [0.4, 0.5) is 5.69 Å². The fourth-order valence-corrected chi connectivity index (χ4v) is 2.16. The molecule has 6 heteroatoms. The van der Waals surface area contributed by atoms with Crippen molar-refractivity contribution in [1.82, 2.24) is 9.55 Å². The normalized spacial score (nSPS) is 12.6. The van der Waals surface area contributed by atoms with Gasteiger partial charge >= 0.3 is 5.97 Å². The van der Waals surface area contributed by atoms with Crippen LogP contribution in [0, 0.1) is 0 Å². The Kier molecular flexibility index (Phi) is 4.24. The molecule has 0 aliphatic rings. The molecular weight excluding hydrogens is 258 g/mol. The van der Waals surface area contributed by atoms with Gasteiger partial charge in [0.1, 0.15) is 11.9 Å². The Morgan fingerprint density at radius 2 is 2.30 bits per heavy atom. The molecule has 1 aromatic heterocycles. The summed E-state index contributed by atoms with van der Waals surface area (Å²) in [5.74, 6) is 0.260. The van der Waals surface area contributed by atoms with Crippen molar-refractivity contribution in [3.8, 4) is 0 Å². The van der Waals surface area contributed by atoms with Gasteiger partial charge in [-0.15, -0.1) is 0 Å². The molecule has 1 heterocycles. The van der Waals surface area contributed by atoms with Crippen LogP contribution in [-0.4, -0.2) is 27.2 Å². The molecule has 0 radical (unpaired) electrons. The molecule has 0 aliphatic heterocycles. The molecule has 1 aromatic carbocycles. The Hall–Kier alpha value is -2.08. The van der Waals surface area contributed by atoms with Crippen LogP contribution in [0.1, 0.15) is 32.2 Å². The highest BCUT2D eigenvalue weighted by atomic mass is 16.5. The largest absolute Gasteiger partial charge is 0.466 e. The number of esters is 1. The van der Waals surface area contributed by atoms with Gasteiger partial charge in [0.15, 0.2) is 0 Å². The second-order valence-electron chi connectivity index (χ2n) is 4.60. The molecule has 0 bridgehead atoms. The maximum absolute atomic E-state index is 11.5.